The third kappa shape index (κ3) is 11.2. The minimum Gasteiger partial charge on any atom is -0.478 e. The Morgan fingerprint density at radius 2 is 0.812 bits per heavy atom. The predicted molar refractivity (Wildman–Crippen MR) is 247 cm³/mol. The molecule has 4 aliphatic rings. The molecule has 64 heavy (non-hydrogen) atoms. The van der Waals surface area contributed by atoms with Gasteiger partial charge in [0.1, 0.15) is 23.0 Å². The molecular formula is C50H48N8O6. The van der Waals surface area contributed by atoms with Gasteiger partial charge in [-0.3, -0.25) is 9.80 Å². The van der Waals surface area contributed by atoms with E-state index in [-0.39, 0.29) is 0 Å². The quantitative estimate of drug-likeness (QED) is 0.144. The fourth-order valence-corrected chi connectivity index (χ4v) is 7.80. The van der Waals surface area contributed by atoms with Gasteiger partial charge in [-0.1, -0.05) is 72.8 Å². The molecule has 4 aliphatic heterocycles. The maximum Gasteiger partial charge on any atom is 0.328 e. The van der Waals surface area contributed by atoms with Crippen LogP contribution >= 0.6 is 0 Å². The molecule has 14 heteroatoms. The van der Waals surface area contributed by atoms with Crippen molar-refractivity contribution in [2.75, 3.05) is 75.2 Å². The summed E-state index contributed by atoms with van der Waals surface area (Å²) < 4.78 is 12.4. The molecule has 2 N–H and O–H groups in total. The number of hydrogen-bond donors (Lipinski definition) is 2. The average molecular weight is 857 g/mol. The van der Waals surface area contributed by atoms with Crippen LogP contribution in [0.25, 0.3) is 23.3 Å². The average Bonchev–Trinajstić information content (AvgIpc) is 3.60. The third-order valence-electron chi connectivity index (χ3n) is 11.0. The van der Waals surface area contributed by atoms with Crippen LogP contribution in [0.4, 0.5) is 11.9 Å². The van der Waals surface area contributed by atoms with Gasteiger partial charge in [-0.15, -0.1) is 0 Å². The van der Waals surface area contributed by atoms with E-state index in [9.17, 15) is 9.59 Å². The lowest BCUT2D eigenvalue weighted by atomic mass is 10.0. The Morgan fingerprint density at radius 1 is 0.469 bits per heavy atom. The van der Waals surface area contributed by atoms with Gasteiger partial charge in [0.15, 0.2) is 0 Å². The van der Waals surface area contributed by atoms with Gasteiger partial charge in [0.05, 0.1) is 0 Å². The maximum atomic E-state index is 9.55. The lowest BCUT2D eigenvalue weighted by Gasteiger charge is -2.35. The second-order valence-corrected chi connectivity index (χ2v) is 15.2. The monoisotopic (exact) mass is 856 g/mol. The predicted octanol–water partition coefficient (Wildman–Crippen LogP) is 7.60. The molecule has 2 saturated heterocycles. The van der Waals surface area contributed by atoms with Gasteiger partial charge in [0, 0.05) is 125 Å². The fraction of sp³-hybridized carbons (Fsp3) is 0.200. The van der Waals surface area contributed by atoms with E-state index < -0.39 is 11.9 Å². The number of carboxylic acids is 2. The molecule has 2 aromatic heterocycles. The standard InChI is InChI=1S/2C23H22N4O.C4H4O4/c2*1-3-8-21-18(6-1)16-19(20-7-2-4-9-22(20)28-21)17-26-12-14-27(15-13-26)23-24-10-5-11-25-23;5-3(6)1-2-4(7)8/h2*1-11,16H,12-15,17H2;1-2H,(H,5,6)(H,7,8)/b;;2-1+. The Labute approximate surface area is 371 Å². The van der Waals surface area contributed by atoms with Crippen molar-refractivity contribution in [3.63, 3.8) is 0 Å². The van der Waals surface area contributed by atoms with Crippen LogP contribution in [-0.4, -0.2) is 117 Å². The van der Waals surface area contributed by atoms with Crippen LogP contribution in [0.2, 0.25) is 0 Å². The van der Waals surface area contributed by atoms with Gasteiger partial charge in [0.25, 0.3) is 0 Å². The first kappa shape index (κ1) is 43.0. The van der Waals surface area contributed by atoms with Gasteiger partial charge >= 0.3 is 11.9 Å². The van der Waals surface area contributed by atoms with E-state index in [1.54, 1.807) is 24.8 Å². The number of aromatic nitrogens is 4. The first-order chi connectivity index (χ1) is 31.4. The molecule has 324 valence electrons. The largest absolute Gasteiger partial charge is 0.478 e. The van der Waals surface area contributed by atoms with Crippen molar-refractivity contribution in [1.82, 2.24) is 29.7 Å². The lowest BCUT2D eigenvalue weighted by molar-refractivity contribution is -0.134. The third-order valence-corrected chi connectivity index (χ3v) is 11.0. The molecule has 6 heterocycles. The molecular weight excluding hydrogens is 809 g/mol. The molecule has 4 aromatic carbocycles. The zero-order chi connectivity index (χ0) is 44.1. The highest BCUT2D eigenvalue weighted by molar-refractivity contribution is 5.90. The summed E-state index contributed by atoms with van der Waals surface area (Å²) in [6, 6.07) is 36.8. The molecule has 0 amide bonds. The van der Waals surface area contributed by atoms with E-state index >= 15 is 0 Å². The van der Waals surface area contributed by atoms with Gasteiger partial charge < -0.3 is 29.5 Å². The maximum absolute atomic E-state index is 9.55. The number of carbonyl (C=O) groups is 2. The second-order valence-electron chi connectivity index (χ2n) is 15.2. The molecule has 2 fully saturated rings. The van der Waals surface area contributed by atoms with Crippen molar-refractivity contribution >= 4 is 47.1 Å². The first-order valence-electron chi connectivity index (χ1n) is 21.1. The van der Waals surface area contributed by atoms with E-state index in [0.29, 0.717) is 12.2 Å². The van der Waals surface area contributed by atoms with Gasteiger partial charge in [-0.2, -0.15) is 0 Å². The minimum absolute atomic E-state index is 0.558. The summed E-state index contributed by atoms with van der Waals surface area (Å²) in [5.74, 6) is 2.81. The van der Waals surface area contributed by atoms with Crippen LogP contribution in [0, 0.1) is 0 Å². The summed E-state index contributed by atoms with van der Waals surface area (Å²) >= 11 is 0. The molecule has 0 atom stereocenters. The molecule has 0 unspecified atom stereocenters. The normalized spacial score (nSPS) is 15.6. The smallest absolute Gasteiger partial charge is 0.328 e. The number of carboxylic acid groups (broad SMARTS) is 2. The molecule has 14 nitrogen and oxygen atoms in total. The summed E-state index contributed by atoms with van der Waals surface area (Å²) in [7, 11) is 0. The zero-order valence-electron chi connectivity index (χ0n) is 35.2. The summed E-state index contributed by atoms with van der Waals surface area (Å²) in [5.41, 5.74) is 7.20. The first-order valence-corrected chi connectivity index (χ1v) is 21.1. The van der Waals surface area contributed by atoms with Crippen molar-refractivity contribution in [2.24, 2.45) is 0 Å². The number of para-hydroxylation sites is 4. The molecule has 0 spiro atoms. The Kier molecular flexibility index (Phi) is 14.1. The van der Waals surface area contributed by atoms with Crippen molar-refractivity contribution in [3.8, 4) is 23.0 Å². The number of hydrogen-bond acceptors (Lipinski definition) is 12. The topological polar surface area (TPSA) is 158 Å². The van der Waals surface area contributed by atoms with Crippen LogP contribution < -0.4 is 19.3 Å². The summed E-state index contributed by atoms with van der Waals surface area (Å²) in [6.07, 6.45) is 12.9. The van der Waals surface area contributed by atoms with Gasteiger partial charge in [0.2, 0.25) is 11.9 Å². The number of nitrogens with zero attached hydrogens (tertiary/aromatic N) is 8. The number of fused-ring (bicyclic) bond motifs is 4. The zero-order valence-corrected chi connectivity index (χ0v) is 35.2. The van der Waals surface area contributed by atoms with Crippen LogP contribution in [-0.2, 0) is 9.59 Å². The highest BCUT2D eigenvalue weighted by atomic mass is 16.5. The van der Waals surface area contributed by atoms with E-state index in [2.05, 4.69) is 112 Å². The van der Waals surface area contributed by atoms with Crippen molar-refractivity contribution in [1.29, 1.82) is 0 Å². The lowest BCUT2D eigenvalue weighted by Crippen LogP contribution is -2.47. The van der Waals surface area contributed by atoms with Crippen LogP contribution in [0.5, 0.6) is 23.0 Å². The fourth-order valence-electron chi connectivity index (χ4n) is 7.80. The van der Waals surface area contributed by atoms with Crippen molar-refractivity contribution < 1.29 is 29.3 Å². The SMILES string of the molecule is C1=C(CN2CCN(c3ncccn3)CC2)c2ccccc2Oc2ccccc21.C1=C(CN2CCN(c3ncccn3)CC2)c2ccccc2Oc2ccccc21.O=C(O)/C=C/C(=O)O. The van der Waals surface area contributed by atoms with Crippen molar-refractivity contribution in [3.05, 3.63) is 168 Å². The number of piperazine rings is 2. The highest BCUT2D eigenvalue weighted by Crippen LogP contribution is 2.39. The van der Waals surface area contributed by atoms with E-state index in [0.717, 1.165) is 111 Å². The van der Waals surface area contributed by atoms with Crippen LogP contribution in [0.3, 0.4) is 0 Å². The van der Waals surface area contributed by atoms with E-state index in [1.807, 2.05) is 48.5 Å². The minimum atomic E-state index is -1.26. The molecule has 6 aromatic rings. The molecule has 0 bridgehead atoms. The number of anilines is 2. The van der Waals surface area contributed by atoms with E-state index in [4.69, 9.17) is 19.7 Å². The number of rotatable bonds is 8. The number of benzene rings is 4. The summed E-state index contributed by atoms with van der Waals surface area (Å²) in [6.45, 7) is 9.49. The van der Waals surface area contributed by atoms with Gasteiger partial charge in [-0.05, 0) is 59.7 Å². The second kappa shape index (κ2) is 20.9. The Morgan fingerprint density at radius 3 is 1.19 bits per heavy atom. The molecule has 0 aliphatic carbocycles. The molecule has 0 radical (unpaired) electrons. The Bertz CT molecular complexity index is 2440. The summed E-state index contributed by atoms with van der Waals surface area (Å²) in [5, 5.41) is 15.6. The highest BCUT2D eigenvalue weighted by Gasteiger charge is 2.24. The summed E-state index contributed by atoms with van der Waals surface area (Å²) in [4.78, 5) is 46.1. The molecule has 0 saturated carbocycles. The van der Waals surface area contributed by atoms with Crippen molar-refractivity contribution in [2.45, 2.75) is 0 Å². The van der Waals surface area contributed by atoms with E-state index in [1.165, 1.54) is 22.3 Å². The van der Waals surface area contributed by atoms with Crippen LogP contribution in [0.1, 0.15) is 22.3 Å². The Balaban J connectivity index is 0.000000150. The Hall–Kier alpha value is -7.68. The number of aliphatic carboxylic acids is 2. The molecule has 10 rings (SSSR count). The van der Waals surface area contributed by atoms with Crippen LogP contribution in [0.15, 0.2) is 146 Å². The van der Waals surface area contributed by atoms with Gasteiger partial charge in [-0.25, -0.2) is 29.5 Å². The number of ether oxygens (including phenoxy) is 2.